The average Bonchev–Trinajstić information content (AvgIpc) is 3.46. The topological polar surface area (TPSA) is 105 Å². The first kappa shape index (κ1) is 19.3. The fraction of sp³-hybridized carbons (Fsp3) is 0.143. The Hall–Kier alpha value is -4.01. The fourth-order valence-electron chi connectivity index (χ4n) is 2.79. The van der Waals surface area contributed by atoms with Crippen LogP contribution in [0.4, 0.5) is 4.39 Å². The first-order valence-corrected chi connectivity index (χ1v) is 9.33. The molecule has 152 valence electrons. The quantitative estimate of drug-likeness (QED) is 0.452. The molecule has 2 aromatic carbocycles. The van der Waals surface area contributed by atoms with Crippen molar-refractivity contribution in [3.8, 4) is 16.9 Å². The van der Waals surface area contributed by atoms with Crippen molar-refractivity contribution in [2.45, 2.75) is 18.9 Å². The number of carbonyl (C=O) groups excluding carboxylic acids is 3. The number of hydrogen-bond acceptors (Lipinski definition) is 4. The zero-order valence-electron chi connectivity index (χ0n) is 15.8. The van der Waals surface area contributed by atoms with Crippen LogP contribution in [0.3, 0.4) is 0 Å². The number of amides is 3. The third kappa shape index (κ3) is 4.35. The van der Waals surface area contributed by atoms with Crippen molar-refractivity contribution >= 4 is 17.7 Å². The molecule has 3 N–H and O–H groups in total. The molecule has 1 fully saturated rings. The second-order valence-electron chi connectivity index (χ2n) is 6.83. The summed E-state index contributed by atoms with van der Waals surface area (Å²) < 4.78 is 14.8. The average molecular weight is 407 g/mol. The number of rotatable bonds is 4. The Bertz CT molecular complexity index is 1090. The number of aromatic nitrogens is 2. The van der Waals surface area contributed by atoms with Gasteiger partial charge in [-0.2, -0.15) is 5.10 Å². The molecule has 1 aliphatic carbocycles. The summed E-state index contributed by atoms with van der Waals surface area (Å²) in [4.78, 5) is 36.3. The SMILES string of the molecule is O=C(NNC(=O)c1cn(-c2ccccc2)nc1-c1ccc(F)cc1)C(=O)NC1CC1. The molecule has 3 amide bonds. The van der Waals surface area contributed by atoms with Crippen LogP contribution in [0.5, 0.6) is 0 Å². The van der Waals surface area contributed by atoms with E-state index >= 15 is 0 Å². The van der Waals surface area contributed by atoms with Gasteiger partial charge in [-0.1, -0.05) is 18.2 Å². The molecule has 1 heterocycles. The minimum Gasteiger partial charge on any atom is -0.345 e. The second-order valence-corrected chi connectivity index (χ2v) is 6.83. The van der Waals surface area contributed by atoms with Gasteiger partial charge in [0, 0.05) is 17.8 Å². The number of carbonyl (C=O) groups is 3. The maximum absolute atomic E-state index is 13.3. The molecular formula is C21H18FN5O3. The molecule has 4 rings (SSSR count). The fourth-order valence-corrected chi connectivity index (χ4v) is 2.79. The highest BCUT2D eigenvalue weighted by Gasteiger charge is 2.27. The van der Waals surface area contributed by atoms with Crippen molar-refractivity contribution in [3.63, 3.8) is 0 Å². The highest BCUT2D eigenvalue weighted by atomic mass is 19.1. The maximum atomic E-state index is 13.3. The minimum absolute atomic E-state index is 0.0214. The number of hydrogen-bond donors (Lipinski definition) is 3. The molecule has 0 spiro atoms. The number of halogens is 1. The minimum atomic E-state index is -0.964. The van der Waals surface area contributed by atoms with E-state index in [2.05, 4.69) is 21.3 Å². The van der Waals surface area contributed by atoms with Crippen LogP contribution in [0.15, 0.2) is 60.8 Å². The van der Waals surface area contributed by atoms with Gasteiger partial charge in [0.25, 0.3) is 5.91 Å². The number of para-hydroxylation sites is 1. The van der Waals surface area contributed by atoms with Gasteiger partial charge in [-0.3, -0.25) is 25.2 Å². The number of benzene rings is 2. The molecule has 1 aliphatic rings. The lowest BCUT2D eigenvalue weighted by Crippen LogP contribution is -2.49. The highest BCUT2D eigenvalue weighted by molar-refractivity contribution is 6.35. The Balaban J connectivity index is 1.57. The smallest absolute Gasteiger partial charge is 0.327 e. The zero-order valence-corrected chi connectivity index (χ0v) is 15.8. The van der Waals surface area contributed by atoms with Crippen LogP contribution < -0.4 is 16.2 Å². The molecule has 1 saturated carbocycles. The molecule has 0 aliphatic heterocycles. The van der Waals surface area contributed by atoms with Gasteiger partial charge in [0.05, 0.1) is 11.3 Å². The lowest BCUT2D eigenvalue weighted by atomic mass is 10.1. The number of hydrazine groups is 1. The Kier molecular flexibility index (Phi) is 5.25. The Morgan fingerprint density at radius 1 is 0.933 bits per heavy atom. The maximum Gasteiger partial charge on any atom is 0.327 e. The van der Waals surface area contributed by atoms with E-state index in [4.69, 9.17) is 0 Å². The summed E-state index contributed by atoms with van der Waals surface area (Å²) in [6.07, 6.45) is 3.18. The Morgan fingerprint density at radius 2 is 1.63 bits per heavy atom. The van der Waals surface area contributed by atoms with Crippen molar-refractivity contribution in [2.24, 2.45) is 0 Å². The Morgan fingerprint density at radius 3 is 2.30 bits per heavy atom. The highest BCUT2D eigenvalue weighted by Crippen LogP contribution is 2.24. The van der Waals surface area contributed by atoms with Gasteiger partial charge in [0.1, 0.15) is 11.5 Å². The van der Waals surface area contributed by atoms with Gasteiger partial charge in [0.2, 0.25) is 0 Å². The monoisotopic (exact) mass is 407 g/mol. The second kappa shape index (κ2) is 8.16. The molecule has 30 heavy (non-hydrogen) atoms. The van der Waals surface area contributed by atoms with Crippen LogP contribution in [-0.2, 0) is 9.59 Å². The van der Waals surface area contributed by atoms with Crippen molar-refractivity contribution in [2.75, 3.05) is 0 Å². The van der Waals surface area contributed by atoms with E-state index in [0.717, 1.165) is 12.8 Å². The first-order valence-electron chi connectivity index (χ1n) is 9.33. The van der Waals surface area contributed by atoms with E-state index in [1.165, 1.54) is 35.1 Å². The molecular weight excluding hydrogens is 389 g/mol. The van der Waals surface area contributed by atoms with Gasteiger partial charge in [-0.25, -0.2) is 9.07 Å². The standard InChI is InChI=1S/C21H18FN5O3/c22-14-8-6-13(7-9-14)18-17(12-27(26-18)16-4-2-1-3-5-16)19(28)24-25-21(30)20(29)23-15-10-11-15/h1-9,12,15H,10-11H2,(H,23,29)(H,24,28)(H,25,30). The van der Waals surface area contributed by atoms with Crippen LogP contribution in [0.1, 0.15) is 23.2 Å². The van der Waals surface area contributed by atoms with E-state index in [9.17, 15) is 18.8 Å². The van der Waals surface area contributed by atoms with E-state index in [0.29, 0.717) is 16.9 Å². The van der Waals surface area contributed by atoms with Crippen molar-refractivity contribution in [3.05, 3.63) is 72.2 Å². The van der Waals surface area contributed by atoms with Crippen LogP contribution in [0.2, 0.25) is 0 Å². The summed E-state index contributed by atoms with van der Waals surface area (Å²) in [5, 5.41) is 6.98. The molecule has 0 saturated heterocycles. The normalized spacial score (nSPS) is 12.8. The number of nitrogens with one attached hydrogen (secondary N) is 3. The molecule has 1 aromatic heterocycles. The predicted octanol–water partition coefficient (Wildman–Crippen LogP) is 1.72. The summed E-state index contributed by atoms with van der Waals surface area (Å²) in [6.45, 7) is 0. The van der Waals surface area contributed by atoms with Crippen molar-refractivity contribution in [1.82, 2.24) is 25.9 Å². The third-order valence-electron chi connectivity index (χ3n) is 4.51. The van der Waals surface area contributed by atoms with E-state index in [1.807, 2.05) is 30.3 Å². The molecule has 3 aromatic rings. The summed E-state index contributed by atoms with van der Waals surface area (Å²) >= 11 is 0. The molecule has 0 atom stereocenters. The van der Waals surface area contributed by atoms with Crippen LogP contribution in [0.25, 0.3) is 16.9 Å². The van der Waals surface area contributed by atoms with Crippen LogP contribution >= 0.6 is 0 Å². The van der Waals surface area contributed by atoms with Gasteiger partial charge in [-0.05, 0) is 49.2 Å². The van der Waals surface area contributed by atoms with Crippen molar-refractivity contribution < 1.29 is 18.8 Å². The summed E-state index contributed by atoms with van der Waals surface area (Å²) in [5.74, 6) is -2.85. The lowest BCUT2D eigenvalue weighted by molar-refractivity contribution is -0.139. The van der Waals surface area contributed by atoms with Gasteiger partial charge in [0.15, 0.2) is 0 Å². The lowest BCUT2D eigenvalue weighted by Gasteiger charge is -2.07. The summed E-state index contributed by atoms with van der Waals surface area (Å²) in [6, 6.07) is 14.7. The Labute approximate surface area is 171 Å². The zero-order chi connectivity index (χ0) is 21.1. The van der Waals surface area contributed by atoms with Crippen molar-refractivity contribution in [1.29, 1.82) is 0 Å². The van der Waals surface area contributed by atoms with Crippen LogP contribution in [0, 0.1) is 5.82 Å². The largest absolute Gasteiger partial charge is 0.345 e. The molecule has 0 bridgehead atoms. The van der Waals surface area contributed by atoms with Gasteiger partial charge in [-0.15, -0.1) is 0 Å². The summed E-state index contributed by atoms with van der Waals surface area (Å²) in [5.41, 5.74) is 6.02. The molecule has 9 heteroatoms. The van der Waals surface area contributed by atoms with Gasteiger partial charge < -0.3 is 5.32 Å². The van der Waals surface area contributed by atoms with E-state index in [-0.39, 0.29) is 11.6 Å². The van der Waals surface area contributed by atoms with E-state index in [1.54, 1.807) is 0 Å². The molecule has 0 unspecified atom stereocenters. The molecule has 8 nitrogen and oxygen atoms in total. The van der Waals surface area contributed by atoms with Gasteiger partial charge >= 0.3 is 11.8 Å². The third-order valence-corrected chi connectivity index (χ3v) is 4.51. The van der Waals surface area contributed by atoms with E-state index < -0.39 is 23.5 Å². The summed E-state index contributed by atoms with van der Waals surface area (Å²) in [7, 11) is 0. The number of nitrogens with zero attached hydrogens (tertiary/aromatic N) is 2. The molecule has 0 radical (unpaired) electrons. The predicted molar refractivity (Wildman–Crippen MR) is 106 cm³/mol. The van der Waals surface area contributed by atoms with Crippen LogP contribution in [-0.4, -0.2) is 33.5 Å². The first-order chi connectivity index (χ1) is 14.5.